The average molecular weight is 412 g/mol. The molecule has 0 radical (unpaired) electrons. The van der Waals surface area contributed by atoms with Crippen molar-refractivity contribution >= 4 is 35.1 Å². The van der Waals surface area contributed by atoms with Crippen LogP contribution in [-0.2, 0) is 15.0 Å². The second kappa shape index (κ2) is 9.21. The number of aliphatic carboxylic acids is 1. The van der Waals surface area contributed by atoms with Crippen LogP contribution < -0.4 is 10.6 Å². The van der Waals surface area contributed by atoms with Crippen molar-refractivity contribution < 1.29 is 29.4 Å². The van der Waals surface area contributed by atoms with Gasteiger partial charge in [0.15, 0.2) is 0 Å². The second-order valence-electron chi connectivity index (χ2n) is 7.79. The van der Waals surface area contributed by atoms with Crippen molar-refractivity contribution in [3.8, 4) is 0 Å². The first kappa shape index (κ1) is 22.6. The third kappa shape index (κ3) is 6.16. The molecule has 8 nitrogen and oxygen atoms in total. The van der Waals surface area contributed by atoms with Gasteiger partial charge in [-0.15, -0.1) is 0 Å². The van der Waals surface area contributed by atoms with E-state index in [1.54, 1.807) is 12.1 Å². The quantitative estimate of drug-likeness (QED) is 0.548. The topological polar surface area (TPSA) is 133 Å². The van der Waals surface area contributed by atoms with Gasteiger partial charge in [0.05, 0.1) is 17.7 Å². The molecule has 0 spiro atoms. The Kier molecular flexibility index (Phi) is 6.94. The zero-order chi connectivity index (χ0) is 22.5. The summed E-state index contributed by atoms with van der Waals surface area (Å²) in [7, 11) is 0. The van der Waals surface area contributed by atoms with Crippen molar-refractivity contribution in [2.24, 2.45) is 0 Å². The zero-order valence-electron chi connectivity index (χ0n) is 17.0. The fourth-order valence-electron chi connectivity index (χ4n) is 2.67. The predicted octanol–water partition coefficient (Wildman–Crippen LogP) is 3.74. The number of carboxylic acids is 2. The molecule has 4 N–H and O–H groups in total. The van der Waals surface area contributed by atoms with Gasteiger partial charge >= 0.3 is 11.9 Å². The Labute approximate surface area is 173 Å². The molecule has 158 valence electrons. The van der Waals surface area contributed by atoms with Crippen molar-refractivity contribution in [1.29, 1.82) is 0 Å². The summed E-state index contributed by atoms with van der Waals surface area (Å²) in [6.07, 6.45) is -0.569. The van der Waals surface area contributed by atoms with Crippen molar-refractivity contribution in [1.82, 2.24) is 0 Å². The minimum absolute atomic E-state index is 0.0593. The first-order valence-corrected chi connectivity index (χ1v) is 9.28. The van der Waals surface area contributed by atoms with E-state index in [9.17, 15) is 24.3 Å². The maximum Gasteiger partial charge on any atom is 0.337 e. The van der Waals surface area contributed by atoms with Crippen LogP contribution >= 0.6 is 0 Å². The maximum absolute atomic E-state index is 12.5. The number of hydrogen-bond donors (Lipinski definition) is 4. The van der Waals surface area contributed by atoms with E-state index in [1.165, 1.54) is 18.2 Å². The number of hydrogen-bond acceptors (Lipinski definition) is 4. The summed E-state index contributed by atoms with van der Waals surface area (Å²) in [6.45, 7) is 6.18. The first-order valence-electron chi connectivity index (χ1n) is 9.28. The lowest BCUT2D eigenvalue weighted by Crippen LogP contribution is -2.17. The SMILES string of the molecule is CC(C)(C)c1ccc(C(=O)Nc2ccc(NC(=O)CCC(=O)O)cc2C(=O)O)cc1. The summed E-state index contributed by atoms with van der Waals surface area (Å²) in [5.74, 6) is -3.40. The largest absolute Gasteiger partial charge is 0.481 e. The van der Waals surface area contributed by atoms with Gasteiger partial charge in [0.1, 0.15) is 0 Å². The normalized spacial score (nSPS) is 10.9. The minimum atomic E-state index is -1.28. The van der Waals surface area contributed by atoms with Crippen LogP contribution in [0.4, 0.5) is 11.4 Å². The van der Waals surface area contributed by atoms with Gasteiger partial charge in [0.2, 0.25) is 5.91 Å². The second-order valence-corrected chi connectivity index (χ2v) is 7.79. The molecule has 2 rings (SSSR count). The average Bonchev–Trinajstić information content (AvgIpc) is 2.66. The fourth-order valence-corrected chi connectivity index (χ4v) is 2.67. The number of amides is 2. The van der Waals surface area contributed by atoms with Gasteiger partial charge in [-0.2, -0.15) is 0 Å². The third-order valence-electron chi connectivity index (χ3n) is 4.36. The first-order chi connectivity index (χ1) is 14.0. The van der Waals surface area contributed by atoms with E-state index < -0.39 is 23.8 Å². The van der Waals surface area contributed by atoms with Gasteiger partial charge in [0.25, 0.3) is 5.91 Å². The Morgan fingerprint density at radius 1 is 0.867 bits per heavy atom. The molecule has 30 heavy (non-hydrogen) atoms. The van der Waals surface area contributed by atoms with Crippen molar-refractivity contribution in [3.05, 3.63) is 59.2 Å². The summed E-state index contributed by atoms with van der Waals surface area (Å²) in [4.78, 5) is 46.4. The molecule has 0 bridgehead atoms. The standard InChI is InChI=1S/C22H24N2O6/c1-22(2,3)14-6-4-13(5-7-14)20(28)24-17-9-8-15(12-16(17)21(29)30)23-18(25)10-11-19(26)27/h4-9,12H,10-11H2,1-3H3,(H,23,25)(H,24,28)(H,26,27)(H,29,30). The molecular formula is C22H24N2O6. The molecule has 0 aliphatic heterocycles. The molecule has 0 atom stereocenters. The van der Waals surface area contributed by atoms with E-state index in [4.69, 9.17) is 5.11 Å². The number of rotatable bonds is 7. The Hall–Kier alpha value is -3.68. The maximum atomic E-state index is 12.5. The van der Waals surface area contributed by atoms with E-state index in [-0.39, 0.29) is 35.2 Å². The van der Waals surface area contributed by atoms with Crippen molar-refractivity contribution in [2.45, 2.75) is 39.0 Å². The van der Waals surface area contributed by atoms with E-state index >= 15 is 0 Å². The third-order valence-corrected chi connectivity index (χ3v) is 4.36. The van der Waals surface area contributed by atoms with Crippen LogP contribution in [0.3, 0.4) is 0 Å². The molecule has 0 saturated carbocycles. The summed E-state index contributed by atoms with van der Waals surface area (Å²) >= 11 is 0. The number of benzene rings is 2. The predicted molar refractivity (Wildman–Crippen MR) is 112 cm³/mol. The van der Waals surface area contributed by atoms with E-state index in [0.717, 1.165) is 5.56 Å². The lowest BCUT2D eigenvalue weighted by Gasteiger charge is -2.19. The molecule has 2 amide bonds. The molecule has 0 aliphatic carbocycles. The van der Waals surface area contributed by atoms with Gasteiger partial charge in [-0.25, -0.2) is 4.79 Å². The Balaban J connectivity index is 2.17. The Bertz CT molecular complexity index is 974. The smallest absolute Gasteiger partial charge is 0.337 e. The van der Waals surface area contributed by atoms with E-state index in [2.05, 4.69) is 31.4 Å². The molecule has 0 aromatic heterocycles. The molecule has 0 saturated heterocycles. The van der Waals surface area contributed by atoms with Gasteiger partial charge in [-0.1, -0.05) is 32.9 Å². The number of anilines is 2. The van der Waals surface area contributed by atoms with Crippen LogP contribution in [0.5, 0.6) is 0 Å². The summed E-state index contributed by atoms with van der Waals surface area (Å²) in [6, 6.07) is 11.1. The molecule has 2 aromatic rings. The highest BCUT2D eigenvalue weighted by molar-refractivity contribution is 6.08. The highest BCUT2D eigenvalue weighted by atomic mass is 16.4. The molecular weight excluding hydrogens is 388 g/mol. The van der Waals surface area contributed by atoms with E-state index in [0.29, 0.717) is 5.56 Å². The lowest BCUT2D eigenvalue weighted by atomic mass is 9.86. The Morgan fingerprint density at radius 3 is 2.03 bits per heavy atom. The van der Waals surface area contributed by atoms with E-state index in [1.807, 2.05) is 12.1 Å². The summed E-state index contributed by atoms with van der Waals surface area (Å²) < 4.78 is 0. The van der Waals surface area contributed by atoms with Gasteiger partial charge in [-0.05, 0) is 41.3 Å². The van der Waals surface area contributed by atoms with Crippen LogP contribution in [0.1, 0.15) is 59.9 Å². The number of aromatic carboxylic acids is 1. The number of carbonyl (C=O) groups is 4. The van der Waals surface area contributed by atoms with Crippen molar-refractivity contribution in [2.75, 3.05) is 10.6 Å². The highest BCUT2D eigenvalue weighted by Crippen LogP contribution is 2.24. The van der Waals surface area contributed by atoms with Crippen LogP contribution in [-0.4, -0.2) is 34.0 Å². The van der Waals surface area contributed by atoms with Gasteiger partial charge in [-0.3, -0.25) is 14.4 Å². The molecule has 0 heterocycles. The molecule has 0 fully saturated rings. The van der Waals surface area contributed by atoms with Gasteiger partial charge in [0, 0.05) is 17.7 Å². The lowest BCUT2D eigenvalue weighted by molar-refractivity contribution is -0.138. The summed E-state index contributed by atoms with van der Waals surface area (Å²) in [5, 5.41) is 23.1. The number of carbonyl (C=O) groups excluding carboxylic acids is 2. The monoisotopic (exact) mass is 412 g/mol. The summed E-state index contributed by atoms with van der Waals surface area (Å²) in [5.41, 5.74) is 1.45. The van der Waals surface area contributed by atoms with Crippen LogP contribution in [0.2, 0.25) is 0 Å². The molecule has 8 heteroatoms. The molecule has 2 aromatic carbocycles. The minimum Gasteiger partial charge on any atom is -0.481 e. The molecule has 0 unspecified atom stereocenters. The molecule has 0 aliphatic rings. The van der Waals surface area contributed by atoms with Crippen molar-refractivity contribution in [3.63, 3.8) is 0 Å². The van der Waals surface area contributed by atoms with Crippen LogP contribution in [0.25, 0.3) is 0 Å². The number of nitrogens with one attached hydrogen (secondary N) is 2. The number of carboxylic acid groups (broad SMARTS) is 2. The van der Waals surface area contributed by atoms with Crippen LogP contribution in [0.15, 0.2) is 42.5 Å². The van der Waals surface area contributed by atoms with Crippen LogP contribution in [0, 0.1) is 0 Å². The zero-order valence-corrected chi connectivity index (χ0v) is 17.0. The Morgan fingerprint density at radius 2 is 1.50 bits per heavy atom. The fraction of sp³-hybridized carbons (Fsp3) is 0.273. The van der Waals surface area contributed by atoms with Gasteiger partial charge < -0.3 is 20.8 Å². The highest BCUT2D eigenvalue weighted by Gasteiger charge is 2.17.